The van der Waals surface area contributed by atoms with E-state index < -0.39 is 0 Å². The average molecular weight is 461 g/mol. The van der Waals surface area contributed by atoms with Crippen LogP contribution in [-0.2, 0) is 4.79 Å². The third kappa shape index (κ3) is 5.40. The fourth-order valence-corrected chi connectivity index (χ4v) is 4.70. The van der Waals surface area contributed by atoms with E-state index in [0.717, 1.165) is 36.9 Å². The zero-order valence-corrected chi connectivity index (χ0v) is 19.8. The van der Waals surface area contributed by atoms with Crippen molar-refractivity contribution in [3.63, 3.8) is 0 Å². The molecule has 7 nitrogen and oxygen atoms in total. The lowest BCUT2D eigenvalue weighted by Crippen LogP contribution is -2.47. The molecule has 2 amide bonds. The van der Waals surface area contributed by atoms with Crippen LogP contribution in [0.1, 0.15) is 61.4 Å². The van der Waals surface area contributed by atoms with Crippen LogP contribution in [0.3, 0.4) is 0 Å². The van der Waals surface area contributed by atoms with Crippen LogP contribution < -0.4 is 15.4 Å². The monoisotopic (exact) mass is 460 g/mol. The van der Waals surface area contributed by atoms with Crippen molar-refractivity contribution in [3.05, 3.63) is 59.7 Å². The Balaban J connectivity index is 1.39. The number of benzene rings is 2. The molecule has 0 unspecified atom stereocenters. The molecule has 0 spiro atoms. The molecule has 3 atom stereocenters. The van der Waals surface area contributed by atoms with Crippen molar-refractivity contribution in [1.82, 2.24) is 10.2 Å². The van der Waals surface area contributed by atoms with Gasteiger partial charge in [0.05, 0.1) is 12.1 Å². The van der Waals surface area contributed by atoms with Gasteiger partial charge in [-0.2, -0.15) is 5.26 Å². The first-order chi connectivity index (χ1) is 16.5. The molecular weight excluding hydrogens is 428 g/mol. The highest BCUT2D eigenvalue weighted by molar-refractivity contribution is 6.04. The maximum absolute atomic E-state index is 12.9. The summed E-state index contributed by atoms with van der Waals surface area (Å²) in [5.41, 5.74) is 2.31. The van der Waals surface area contributed by atoms with Crippen molar-refractivity contribution >= 4 is 17.5 Å². The maximum Gasteiger partial charge on any atom is 0.255 e. The molecule has 178 valence electrons. The molecule has 34 heavy (non-hydrogen) atoms. The number of anilines is 1. The molecule has 2 aliphatic heterocycles. The number of carbonyl (C=O) groups is 2. The number of nitrogens with zero attached hydrogens (tertiary/aromatic N) is 2. The summed E-state index contributed by atoms with van der Waals surface area (Å²) in [6.07, 6.45) is 3.20. The third-order valence-electron chi connectivity index (χ3n) is 6.59. The summed E-state index contributed by atoms with van der Waals surface area (Å²) in [5.74, 6) is 0.768. The molecule has 7 heteroatoms. The number of para-hydroxylation sites is 1. The molecule has 0 saturated carbocycles. The average Bonchev–Trinajstić information content (AvgIpc) is 3.52. The molecule has 2 heterocycles. The molecule has 0 aliphatic carbocycles. The van der Waals surface area contributed by atoms with Crippen LogP contribution in [0, 0.1) is 11.3 Å². The summed E-state index contributed by atoms with van der Waals surface area (Å²) in [6.45, 7) is 5.26. The number of nitriles is 1. The van der Waals surface area contributed by atoms with Gasteiger partial charge in [-0.25, -0.2) is 0 Å². The molecule has 2 aliphatic rings. The predicted molar refractivity (Wildman–Crippen MR) is 131 cm³/mol. The van der Waals surface area contributed by atoms with Gasteiger partial charge in [0.1, 0.15) is 18.4 Å². The predicted octanol–water partition coefficient (Wildman–Crippen LogP) is 4.08. The summed E-state index contributed by atoms with van der Waals surface area (Å²) < 4.78 is 6.20. The molecule has 4 rings (SSSR count). The second-order valence-electron chi connectivity index (χ2n) is 9.35. The van der Waals surface area contributed by atoms with Crippen LogP contribution in [0.25, 0.3) is 0 Å². The van der Waals surface area contributed by atoms with Gasteiger partial charge in [-0.15, -0.1) is 0 Å². The summed E-state index contributed by atoms with van der Waals surface area (Å²) >= 11 is 0. The fourth-order valence-electron chi connectivity index (χ4n) is 4.70. The van der Waals surface area contributed by atoms with E-state index in [1.807, 2.05) is 42.5 Å². The number of carbonyl (C=O) groups excluding carboxylic acids is 2. The molecule has 2 N–H and O–H groups in total. The van der Waals surface area contributed by atoms with Gasteiger partial charge in [-0.1, -0.05) is 38.1 Å². The first-order valence-corrected chi connectivity index (χ1v) is 12.1. The minimum atomic E-state index is -0.303. The lowest BCUT2D eigenvalue weighted by molar-refractivity contribution is -0.133. The summed E-state index contributed by atoms with van der Waals surface area (Å²) in [6, 6.07) is 16.6. The Hall–Kier alpha value is -3.37. The number of likely N-dealkylation sites (tertiary alicyclic amines) is 1. The number of nitrogens with one attached hydrogen (secondary N) is 2. The Labute approximate surface area is 201 Å². The Morgan fingerprint density at radius 2 is 1.97 bits per heavy atom. The van der Waals surface area contributed by atoms with Crippen LogP contribution in [-0.4, -0.2) is 48.0 Å². The van der Waals surface area contributed by atoms with E-state index in [0.29, 0.717) is 24.5 Å². The van der Waals surface area contributed by atoms with Gasteiger partial charge in [0.15, 0.2) is 0 Å². The van der Waals surface area contributed by atoms with Gasteiger partial charge < -0.3 is 15.0 Å². The van der Waals surface area contributed by atoms with Crippen LogP contribution in [0.15, 0.2) is 48.5 Å². The Morgan fingerprint density at radius 3 is 2.71 bits per heavy atom. The van der Waals surface area contributed by atoms with Crippen molar-refractivity contribution in [1.29, 1.82) is 5.26 Å². The number of hydrogen-bond acceptors (Lipinski definition) is 5. The molecule has 2 fully saturated rings. The van der Waals surface area contributed by atoms with Crippen LogP contribution in [0.4, 0.5) is 5.69 Å². The van der Waals surface area contributed by atoms with E-state index in [2.05, 4.69) is 30.6 Å². The Kier molecular flexibility index (Phi) is 7.49. The topological polar surface area (TPSA) is 94.5 Å². The molecule has 2 saturated heterocycles. The number of amides is 2. The Bertz CT molecular complexity index is 1060. The second-order valence-corrected chi connectivity index (χ2v) is 9.35. The zero-order valence-electron chi connectivity index (χ0n) is 19.8. The van der Waals surface area contributed by atoms with E-state index >= 15 is 0 Å². The number of hydrogen-bond donors (Lipinski definition) is 2. The molecule has 2 aromatic rings. The highest BCUT2D eigenvalue weighted by Gasteiger charge is 2.37. The van der Waals surface area contributed by atoms with Crippen LogP contribution in [0.2, 0.25) is 0 Å². The van der Waals surface area contributed by atoms with E-state index in [9.17, 15) is 14.9 Å². The first kappa shape index (κ1) is 23.8. The zero-order chi connectivity index (χ0) is 24.1. The van der Waals surface area contributed by atoms with Gasteiger partial charge in [0.2, 0.25) is 5.91 Å². The van der Waals surface area contributed by atoms with Crippen molar-refractivity contribution < 1.29 is 14.3 Å². The fraction of sp³-hybridized carbons (Fsp3) is 0.444. The lowest BCUT2D eigenvalue weighted by atomic mass is 10.00. The van der Waals surface area contributed by atoms with E-state index in [4.69, 9.17) is 4.74 Å². The SMILES string of the molecule is CC(C)c1ccc(C(=O)Nc2ccccc2)cc1OC[C@H]1CC[C@@H](C(=O)N2CCC[C@H]2C#N)N1. The standard InChI is InChI=1S/C27H32N4O3/c1-18(2)23-12-10-19(26(32)30-20-7-4-3-5-8-20)15-25(23)34-17-21-11-13-24(29-21)27(33)31-14-6-9-22(31)16-28/h3-5,7-8,10,12,15,18,21-22,24,29H,6,9,11,13-14,17H2,1-2H3,(H,30,32)/t21-,22+,24+/m1/s1. The van der Waals surface area contributed by atoms with Gasteiger partial charge in [-0.3, -0.25) is 14.9 Å². The van der Waals surface area contributed by atoms with Gasteiger partial charge in [0.25, 0.3) is 5.91 Å². The maximum atomic E-state index is 12.9. The molecule has 2 aromatic carbocycles. The summed E-state index contributed by atoms with van der Waals surface area (Å²) in [4.78, 5) is 27.4. The van der Waals surface area contributed by atoms with Crippen LogP contribution >= 0.6 is 0 Å². The second kappa shape index (κ2) is 10.7. The Morgan fingerprint density at radius 1 is 1.18 bits per heavy atom. The highest BCUT2D eigenvalue weighted by Crippen LogP contribution is 2.29. The van der Waals surface area contributed by atoms with Crippen molar-refractivity contribution in [3.8, 4) is 11.8 Å². The first-order valence-electron chi connectivity index (χ1n) is 12.1. The van der Waals surface area contributed by atoms with E-state index in [1.54, 1.807) is 11.0 Å². The lowest BCUT2D eigenvalue weighted by Gasteiger charge is -2.24. The summed E-state index contributed by atoms with van der Waals surface area (Å²) in [5, 5.41) is 15.6. The van der Waals surface area contributed by atoms with Gasteiger partial charge >= 0.3 is 0 Å². The van der Waals surface area contributed by atoms with Gasteiger partial charge in [0, 0.05) is 23.8 Å². The highest BCUT2D eigenvalue weighted by atomic mass is 16.5. The van der Waals surface area contributed by atoms with E-state index in [1.165, 1.54) is 0 Å². The molecular formula is C27H32N4O3. The smallest absolute Gasteiger partial charge is 0.255 e. The quantitative estimate of drug-likeness (QED) is 0.649. The number of rotatable bonds is 7. The van der Waals surface area contributed by atoms with E-state index in [-0.39, 0.29) is 35.9 Å². The van der Waals surface area contributed by atoms with Crippen molar-refractivity contribution in [2.24, 2.45) is 0 Å². The normalized spacial score (nSPS) is 21.9. The largest absolute Gasteiger partial charge is 0.492 e. The third-order valence-corrected chi connectivity index (χ3v) is 6.59. The molecule has 0 aromatic heterocycles. The van der Waals surface area contributed by atoms with Crippen LogP contribution in [0.5, 0.6) is 5.75 Å². The van der Waals surface area contributed by atoms with Crippen molar-refractivity contribution in [2.75, 3.05) is 18.5 Å². The summed E-state index contributed by atoms with van der Waals surface area (Å²) in [7, 11) is 0. The molecule has 0 bridgehead atoms. The minimum Gasteiger partial charge on any atom is -0.492 e. The van der Waals surface area contributed by atoms with Crippen molar-refractivity contribution in [2.45, 2.75) is 63.6 Å². The number of ether oxygens (including phenoxy) is 1. The minimum absolute atomic E-state index is 0.0222. The molecule has 0 radical (unpaired) electrons. The van der Waals surface area contributed by atoms with Gasteiger partial charge in [-0.05, 0) is 61.4 Å².